The van der Waals surface area contributed by atoms with Gasteiger partial charge < -0.3 is 42.7 Å². The molecule has 0 fully saturated rings. The fraction of sp³-hybridized carbons (Fsp3) is 0.476. The monoisotopic (exact) mass is 481 g/mol. The van der Waals surface area contributed by atoms with E-state index < -0.39 is 66.5 Å². The lowest BCUT2D eigenvalue weighted by molar-refractivity contribution is -0.143. The van der Waals surface area contributed by atoms with Crippen LogP contribution in [0.2, 0.25) is 0 Å². The van der Waals surface area contributed by atoms with Crippen LogP contribution in [0.4, 0.5) is 0 Å². The van der Waals surface area contributed by atoms with Gasteiger partial charge in [0, 0.05) is 6.42 Å². The van der Waals surface area contributed by atoms with E-state index in [1.807, 2.05) is 5.32 Å². The second-order valence-corrected chi connectivity index (χ2v) is 7.67. The molecule has 5 atom stereocenters. The Balaban J connectivity index is 2.91. The highest BCUT2D eigenvalue weighted by molar-refractivity contribution is 5.94. The normalized spacial score (nSPS) is 15.2. The SMILES string of the molecule is CC(O)C(NC(=O)C(N)Cc1ccccc1)C(=O)NC(CCC(N)=O)C(=O)NC(CO)C(=O)O. The van der Waals surface area contributed by atoms with Crippen molar-refractivity contribution in [2.24, 2.45) is 11.5 Å². The van der Waals surface area contributed by atoms with Crippen molar-refractivity contribution in [3.63, 3.8) is 0 Å². The van der Waals surface area contributed by atoms with Crippen LogP contribution >= 0.6 is 0 Å². The van der Waals surface area contributed by atoms with Crippen molar-refractivity contribution in [3.8, 4) is 0 Å². The zero-order valence-electron chi connectivity index (χ0n) is 18.6. The fourth-order valence-corrected chi connectivity index (χ4v) is 2.90. The highest BCUT2D eigenvalue weighted by Gasteiger charge is 2.32. The molecular weight excluding hydrogens is 450 g/mol. The summed E-state index contributed by atoms with van der Waals surface area (Å²) in [6.07, 6.45) is -1.85. The molecule has 0 radical (unpaired) electrons. The fourth-order valence-electron chi connectivity index (χ4n) is 2.90. The van der Waals surface area contributed by atoms with Gasteiger partial charge in [0.05, 0.1) is 18.8 Å². The molecule has 0 heterocycles. The van der Waals surface area contributed by atoms with Gasteiger partial charge in [-0.25, -0.2) is 4.79 Å². The summed E-state index contributed by atoms with van der Waals surface area (Å²) in [5.41, 5.74) is 11.8. The Morgan fingerprint density at radius 1 is 0.941 bits per heavy atom. The highest BCUT2D eigenvalue weighted by Crippen LogP contribution is 2.05. The predicted molar refractivity (Wildman–Crippen MR) is 119 cm³/mol. The standard InChI is InChI=1S/C21H31N5O8/c1-11(28)17(26-18(30)13(22)9-12-5-3-2-4-6-12)20(32)24-14(7-8-16(23)29)19(31)25-15(10-27)21(33)34/h2-6,11,13-15,17,27-28H,7-10,22H2,1H3,(H2,23,29)(H,24,32)(H,25,31)(H,26,30)(H,33,34). The molecule has 4 amide bonds. The first kappa shape index (κ1) is 28.5. The van der Waals surface area contributed by atoms with E-state index >= 15 is 0 Å². The maximum absolute atomic E-state index is 12.8. The quantitative estimate of drug-likeness (QED) is 0.133. The molecule has 0 aliphatic rings. The summed E-state index contributed by atoms with van der Waals surface area (Å²) < 4.78 is 0. The molecule has 0 spiro atoms. The maximum atomic E-state index is 12.8. The lowest BCUT2D eigenvalue weighted by Gasteiger charge is -2.26. The number of carbonyl (C=O) groups is 5. The number of amides is 4. The van der Waals surface area contributed by atoms with Gasteiger partial charge in [0.2, 0.25) is 23.6 Å². The summed E-state index contributed by atoms with van der Waals surface area (Å²) in [7, 11) is 0. The number of carboxylic acids is 1. The van der Waals surface area contributed by atoms with Gasteiger partial charge in [-0.1, -0.05) is 30.3 Å². The molecule has 5 unspecified atom stereocenters. The predicted octanol–water partition coefficient (Wildman–Crippen LogP) is -3.27. The summed E-state index contributed by atoms with van der Waals surface area (Å²) in [6, 6.07) is 3.25. The first-order valence-electron chi connectivity index (χ1n) is 10.5. The van der Waals surface area contributed by atoms with Gasteiger partial charge in [-0.15, -0.1) is 0 Å². The number of primary amides is 1. The minimum absolute atomic E-state index is 0.169. The number of aliphatic hydroxyl groups is 2. The molecule has 13 heteroatoms. The third-order valence-corrected chi connectivity index (χ3v) is 4.81. The molecule has 0 aromatic heterocycles. The van der Waals surface area contributed by atoms with Gasteiger partial charge in [-0.2, -0.15) is 0 Å². The number of nitrogens with two attached hydrogens (primary N) is 2. The van der Waals surface area contributed by atoms with Crippen LogP contribution in [0, 0.1) is 0 Å². The Bertz CT molecular complexity index is 864. The molecule has 1 aromatic rings. The van der Waals surface area contributed by atoms with E-state index in [1.54, 1.807) is 30.3 Å². The summed E-state index contributed by atoms with van der Waals surface area (Å²) >= 11 is 0. The molecule has 1 rings (SSSR count). The van der Waals surface area contributed by atoms with Crippen LogP contribution < -0.4 is 27.4 Å². The molecule has 188 valence electrons. The molecule has 0 bridgehead atoms. The van der Waals surface area contributed by atoms with Crippen molar-refractivity contribution < 1.29 is 39.3 Å². The number of hydrogen-bond acceptors (Lipinski definition) is 8. The Kier molecular flexibility index (Phi) is 11.6. The number of carboxylic acid groups (broad SMARTS) is 1. The zero-order chi connectivity index (χ0) is 25.8. The van der Waals surface area contributed by atoms with Crippen LogP contribution in [0.1, 0.15) is 25.3 Å². The number of nitrogens with one attached hydrogen (secondary N) is 3. The average Bonchev–Trinajstić information content (AvgIpc) is 2.77. The molecule has 0 saturated heterocycles. The summed E-state index contributed by atoms with van der Waals surface area (Å²) in [6.45, 7) is 0.321. The Labute approximate surface area is 195 Å². The molecule has 34 heavy (non-hydrogen) atoms. The lowest BCUT2D eigenvalue weighted by atomic mass is 10.0. The van der Waals surface area contributed by atoms with Gasteiger partial charge in [0.1, 0.15) is 18.1 Å². The van der Waals surface area contributed by atoms with Gasteiger partial charge >= 0.3 is 5.97 Å². The van der Waals surface area contributed by atoms with E-state index in [1.165, 1.54) is 6.92 Å². The van der Waals surface area contributed by atoms with Gasteiger partial charge in [0.25, 0.3) is 0 Å². The van der Waals surface area contributed by atoms with Crippen molar-refractivity contribution in [2.75, 3.05) is 6.61 Å². The van der Waals surface area contributed by atoms with E-state index in [0.29, 0.717) is 0 Å². The van der Waals surface area contributed by atoms with E-state index in [2.05, 4.69) is 10.6 Å². The second-order valence-electron chi connectivity index (χ2n) is 7.67. The van der Waals surface area contributed by atoms with Crippen molar-refractivity contribution in [1.29, 1.82) is 0 Å². The van der Waals surface area contributed by atoms with Gasteiger partial charge in [-0.3, -0.25) is 19.2 Å². The third kappa shape index (κ3) is 9.52. The van der Waals surface area contributed by atoms with Crippen LogP contribution in [0.5, 0.6) is 0 Å². The zero-order valence-corrected chi connectivity index (χ0v) is 18.6. The molecule has 13 nitrogen and oxygen atoms in total. The molecule has 0 aliphatic carbocycles. The van der Waals surface area contributed by atoms with Gasteiger partial charge in [-0.05, 0) is 25.3 Å². The first-order valence-corrected chi connectivity index (χ1v) is 10.5. The van der Waals surface area contributed by atoms with Crippen LogP contribution in [0.3, 0.4) is 0 Å². The maximum Gasteiger partial charge on any atom is 0.328 e. The molecule has 1 aromatic carbocycles. The summed E-state index contributed by atoms with van der Waals surface area (Å²) in [5, 5.41) is 34.7. The minimum atomic E-state index is -1.65. The topological polar surface area (TPSA) is 234 Å². The second kappa shape index (κ2) is 13.9. The first-order chi connectivity index (χ1) is 16.0. The molecule has 0 aliphatic heterocycles. The highest BCUT2D eigenvalue weighted by atomic mass is 16.4. The molecule has 0 saturated carbocycles. The van der Waals surface area contributed by atoms with E-state index in [0.717, 1.165) is 5.56 Å². The number of rotatable bonds is 14. The number of carbonyl (C=O) groups excluding carboxylic acids is 4. The smallest absolute Gasteiger partial charge is 0.328 e. The van der Waals surface area contributed by atoms with Gasteiger partial charge in [0.15, 0.2) is 0 Å². The van der Waals surface area contributed by atoms with Crippen LogP contribution in [-0.4, -0.2) is 81.8 Å². The number of benzene rings is 1. The van der Waals surface area contributed by atoms with E-state index in [4.69, 9.17) is 21.7 Å². The van der Waals surface area contributed by atoms with Crippen molar-refractivity contribution >= 4 is 29.6 Å². The van der Waals surface area contributed by atoms with Crippen LogP contribution in [-0.2, 0) is 30.4 Å². The number of aliphatic hydroxyl groups excluding tert-OH is 2. The summed E-state index contributed by atoms with van der Waals surface area (Å²) in [5.74, 6) is -5.01. The minimum Gasteiger partial charge on any atom is -0.480 e. The van der Waals surface area contributed by atoms with Crippen LogP contribution in [0.25, 0.3) is 0 Å². The van der Waals surface area contributed by atoms with E-state index in [-0.39, 0.29) is 19.3 Å². The molecular formula is C21H31N5O8. The van der Waals surface area contributed by atoms with Crippen LogP contribution in [0.15, 0.2) is 30.3 Å². The lowest BCUT2D eigenvalue weighted by Crippen LogP contribution is -2.60. The van der Waals surface area contributed by atoms with Crippen molar-refractivity contribution in [1.82, 2.24) is 16.0 Å². The number of hydrogen-bond donors (Lipinski definition) is 8. The Morgan fingerprint density at radius 3 is 2.03 bits per heavy atom. The summed E-state index contributed by atoms with van der Waals surface area (Å²) in [4.78, 5) is 59.9. The Morgan fingerprint density at radius 2 is 1.53 bits per heavy atom. The number of aliphatic carboxylic acids is 1. The molecule has 10 N–H and O–H groups in total. The van der Waals surface area contributed by atoms with Crippen molar-refractivity contribution in [3.05, 3.63) is 35.9 Å². The van der Waals surface area contributed by atoms with E-state index in [9.17, 15) is 29.1 Å². The largest absolute Gasteiger partial charge is 0.480 e. The third-order valence-electron chi connectivity index (χ3n) is 4.81. The Hall–Kier alpha value is -3.55. The average molecular weight is 482 g/mol. The van der Waals surface area contributed by atoms with Crippen molar-refractivity contribution in [2.45, 2.75) is 56.5 Å².